The molecule has 0 spiro atoms. The summed E-state index contributed by atoms with van der Waals surface area (Å²) in [7, 11) is 0. The van der Waals surface area contributed by atoms with Crippen LogP contribution >= 0.6 is 0 Å². The van der Waals surface area contributed by atoms with E-state index in [1.165, 1.54) is 225 Å². The minimum atomic E-state index is -0.772. The summed E-state index contributed by atoms with van der Waals surface area (Å²) in [5, 5.41) is 0. The monoisotopic (exact) mass is 1040 g/mol. The smallest absolute Gasteiger partial charge is 0.306 e. The van der Waals surface area contributed by atoms with Gasteiger partial charge in [0.05, 0.1) is 0 Å². The molecule has 432 valence electrons. The fourth-order valence-corrected chi connectivity index (χ4v) is 9.73. The Morgan fingerprint density at radius 3 is 0.824 bits per heavy atom. The van der Waals surface area contributed by atoms with Crippen LogP contribution in [0.5, 0.6) is 0 Å². The minimum Gasteiger partial charge on any atom is -0.462 e. The molecule has 6 nitrogen and oxygen atoms in total. The fourth-order valence-electron chi connectivity index (χ4n) is 9.73. The zero-order chi connectivity index (χ0) is 53.6. The molecule has 1 atom stereocenters. The largest absolute Gasteiger partial charge is 0.462 e. The summed E-state index contributed by atoms with van der Waals surface area (Å²) in [6.45, 7) is 6.56. The van der Waals surface area contributed by atoms with E-state index in [0.29, 0.717) is 19.3 Å². The molecule has 0 aliphatic rings. The zero-order valence-corrected chi connectivity index (χ0v) is 49.6. The highest BCUT2D eigenvalue weighted by atomic mass is 16.6. The molecule has 0 aromatic heterocycles. The van der Waals surface area contributed by atoms with Gasteiger partial charge in [-0.25, -0.2) is 0 Å². The molecule has 0 aromatic rings. The molecule has 0 heterocycles. The maximum absolute atomic E-state index is 12.9. The van der Waals surface area contributed by atoms with Crippen LogP contribution in [0.2, 0.25) is 0 Å². The summed E-state index contributed by atoms with van der Waals surface area (Å²) >= 11 is 0. The summed E-state index contributed by atoms with van der Waals surface area (Å²) in [6, 6.07) is 0. The van der Waals surface area contributed by atoms with Crippen molar-refractivity contribution in [1.82, 2.24) is 0 Å². The Morgan fingerprint density at radius 1 is 0.284 bits per heavy atom. The molecule has 0 aromatic carbocycles. The van der Waals surface area contributed by atoms with Gasteiger partial charge in [0.25, 0.3) is 0 Å². The maximum atomic E-state index is 12.9. The normalized spacial score (nSPS) is 12.3. The van der Waals surface area contributed by atoms with Gasteiger partial charge in [0, 0.05) is 19.3 Å². The lowest BCUT2D eigenvalue weighted by atomic mass is 10.0. The lowest BCUT2D eigenvalue weighted by Crippen LogP contribution is -2.30. The van der Waals surface area contributed by atoms with Crippen molar-refractivity contribution in [1.29, 1.82) is 0 Å². The van der Waals surface area contributed by atoms with E-state index in [9.17, 15) is 14.4 Å². The topological polar surface area (TPSA) is 78.9 Å². The molecule has 0 bridgehead atoms. The molecule has 1 unspecified atom stereocenters. The standard InChI is InChI=1S/C68H124O6/c1-4-7-10-13-16-19-21-23-25-27-29-31-33-35-36-38-40-42-44-46-49-52-55-58-61-67(70)73-64-65(63-72-66(69)60-57-54-51-48-18-15-12-9-6-3)74-68(71)62-59-56-53-50-47-45-43-41-39-37-34-32-30-28-26-24-22-20-17-14-11-8-5-2/h8,11,17,20,24,26,30,32,65H,4-7,9-10,12-16,18-19,21-23,25,27-29,31,33-64H2,1-3H3/b11-8-,20-17-,26-24-,32-30-. The van der Waals surface area contributed by atoms with Gasteiger partial charge in [0.15, 0.2) is 6.10 Å². The van der Waals surface area contributed by atoms with E-state index < -0.39 is 6.10 Å². The molecule has 0 saturated heterocycles. The number of rotatable bonds is 60. The highest BCUT2D eigenvalue weighted by molar-refractivity contribution is 5.71. The number of unbranched alkanes of at least 4 members (excludes halogenated alkanes) is 41. The van der Waals surface area contributed by atoms with Crippen molar-refractivity contribution in [3.8, 4) is 0 Å². The van der Waals surface area contributed by atoms with E-state index >= 15 is 0 Å². The SMILES string of the molecule is CC/C=C\C/C=C\C/C=C\C/C=C\CCCCCCCCCCCCC(=O)OC(COC(=O)CCCCCCCCCCC)COC(=O)CCCCCCCCCCCCCCCCCCCCCCCCCC. The van der Waals surface area contributed by atoms with Crippen LogP contribution in [0.4, 0.5) is 0 Å². The molecule has 6 heteroatoms. The van der Waals surface area contributed by atoms with Crippen LogP contribution in [0.25, 0.3) is 0 Å². The summed E-state index contributed by atoms with van der Waals surface area (Å²) < 4.78 is 16.9. The van der Waals surface area contributed by atoms with Gasteiger partial charge >= 0.3 is 17.9 Å². The molecule has 0 amide bonds. The molecule has 0 N–H and O–H groups in total. The molecule has 0 radical (unpaired) electrons. The first-order chi connectivity index (χ1) is 36.5. The van der Waals surface area contributed by atoms with Gasteiger partial charge in [0.1, 0.15) is 13.2 Å². The first kappa shape index (κ1) is 71.4. The van der Waals surface area contributed by atoms with Crippen LogP contribution in [-0.4, -0.2) is 37.2 Å². The second-order valence-corrected chi connectivity index (χ2v) is 22.0. The van der Waals surface area contributed by atoms with E-state index in [2.05, 4.69) is 69.4 Å². The number of hydrogen-bond donors (Lipinski definition) is 0. The van der Waals surface area contributed by atoms with Gasteiger partial charge in [-0.3, -0.25) is 14.4 Å². The van der Waals surface area contributed by atoms with Crippen LogP contribution in [-0.2, 0) is 28.6 Å². The quantitative estimate of drug-likeness (QED) is 0.0261. The molecule has 0 saturated carbocycles. The van der Waals surface area contributed by atoms with Crippen LogP contribution in [0.3, 0.4) is 0 Å². The van der Waals surface area contributed by atoms with Crippen molar-refractivity contribution in [3.63, 3.8) is 0 Å². The van der Waals surface area contributed by atoms with Crippen molar-refractivity contribution in [2.45, 2.75) is 354 Å². The van der Waals surface area contributed by atoms with Crippen molar-refractivity contribution in [3.05, 3.63) is 48.6 Å². The average Bonchev–Trinajstić information content (AvgIpc) is 3.40. The lowest BCUT2D eigenvalue weighted by Gasteiger charge is -2.18. The zero-order valence-electron chi connectivity index (χ0n) is 49.6. The van der Waals surface area contributed by atoms with Gasteiger partial charge < -0.3 is 14.2 Å². The van der Waals surface area contributed by atoms with Crippen molar-refractivity contribution < 1.29 is 28.6 Å². The van der Waals surface area contributed by atoms with Crippen LogP contribution in [0, 0.1) is 0 Å². The Hall–Kier alpha value is -2.63. The first-order valence-electron chi connectivity index (χ1n) is 32.6. The Labute approximate surface area is 460 Å². The molecule has 0 rings (SSSR count). The Kier molecular flexibility index (Phi) is 60.7. The molecule has 0 aliphatic carbocycles. The summed E-state index contributed by atoms with van der Waals surface area (Å²) in [4.78, 5) is 38.2. The van der Waals surface area contributed by atoms with Crippen LogP contribution in [0.1, 0.15) is 348 Å². The number of allylic oxidation sites excluding steroid dienone is 8. The van der Waals surface area contributed by atoms with E-state index in [0.717, 1.165) is 83.5 Å². The first-order valence-corrected chi connectivity index (χ1v) is 32.6. The third-order valence-corrected chi connectivity index (χ3v) is 14.6. The number of carbonyl (C=O) groups is 3. The van der Waals surface area contributed by atoms with E-state index in [4.69, 9.17) is 14.2 Å². The van der Waals surface area contributed by atoms with Gasteiger partial charge in [-0.2, -0.15) is 0 Å². The van der Waals surface area contributed by atoms with E-state index in [1.54, 1.807) is 0 Å². The predicted octanol–water partition coefficient (Wildman–Crippen LogP) is 22.2. The van der Waals surface area contributed by atoms with Gasteiger partial charge in [-0.05, 0) is 57.8 Å². The van der Waals surface area contributed by atoms with Crippen molar-refractivity contribution in [2.75, 3.05) is 13.2 Å². The van der Waals surface area contributed by atoms with E-state index in [-0.39, 0.29) is 31.1 Å². The Balaban J connectivity index is 4.16. The van der Waals surface area contributed by atoms with Crippen molar-refractivity contribution >= 4 is 17.9 Å². The second kappa shape index (κ2) is 62.9. The number of carbonyl (C=O) groups excluding carboxylic acids is 3. The lowest BCUT2D eigenvalue weighted by molar-refractivity contribution is -0.167. The van der Waals surface area contributed by atoms with Crippen molar-refractivity contribution in [2.24, 2.45) is 0 Å². The minimum absolute atomic E-state index is 0.0697. The number of hydrogen-bond acceptors (Lipinski definition) is 6. The summed E-state index contributed by atoms with van der Waals surface area (Å²) in [6.07, 6.45) is 78.5. The average molecular weight is 1040 g/mol. The summed E-state index contributed by atoms with van der Waals surface area (Å²) in [5.41, 5.74) is 0. The van der Waals surface area contributed by atoms with Gasteiger partial charge in [0.2, 0.25) is 0 Å². The Bertz CT molecular complexity index is 1280. The van der Waals surface area contributed by atoms with Crippen LogP contribution in [0.15, 0.2) is 48.6 Å². The fraction of sp³-hybridized carbons (Fsp3) is 0.838. The molecular formula is C68H124O6. The highest BCUT2D eigenvalue weighted by Gasteiger charge is 2.19. The number of ether oxygens (including phenoxy) is 3. The summed E-state index contributed by atoms with van der Waals surface area (Å²) in [5.74, 6) is -0.855. The molecule has 74 heavy (non-hydrogen) atoms. The maximum Gasteiger partial charge on any atom is 0.306 e. The highest BCUT2D eigenvalue weighted by Crippen LogP contribution is 2.18. The predicted molar refractivity (Wildman–Crippen MR) is 321 cm³/mol. The Morgan fingerprint density at radius 2 is 0.527 bits per heavy atom. The van der Waals surface area contributed by atoms with Gasteiger partial charge in [-0.1, -0.05) is 320 Å². The van der Waals surface area contributed by atoms with Gasteiger partial charge in [-0.15, -0.1) is 0 Å². The molecule has 0 aliphatic heterocycles. The third kappa shape index (κ3) is 60.2. The second-order valence-electron chi connectivity index (χ2n) is 22.0. The molecule has 0 fully saturated rings. The third-order valence-electron chi connectivity index (χ3n) is 14.6. The van der Waals surface area contributed by atoms with E-state index in [1.807, 2.05) is 0 Å². The number of esters is 3. The van der Waals surface area contributed by atoms with Crippen LogP contribution < -0.4 is 0 Å². The molecular weight excluding hydrogens is 913 g/mol.